The number of nitrogens with zero attached hydrogens (tertiary/aromatic N) is 2. The van der Waals surface area contributed by atoms with Gasteiger partial charge in [-0.25, -0.2) is 21.9 Å². The lowest BCUT2D eigenvalue weighted by molar-refractivity contribution is -0.131. The number of rotatable bonds is 3. The molecule has 3 aliphatic rings. The zero-order valence-electron chi connectivity index (χ0n) is 16.7. The van der Waals surface area contributed by atoms with Crippen molar-refractivity contribution in [1.82, 2.24) is 9.21 Å². The summed E-state index contributed by atoms with van der Waals surface area (Å²) in [6.45, 7) is 1.88. The first-order valence-corrected chi connectivity index (χ1v) is 11.4. The summed E-state index contributed by atoms with van der Waals surface area (Å²) in [6, 6.07) is 10.2. The van der Waals surface area contributed by atoms with Gasteiger partial charge in [0.25, 0.3) is 10.0 Å². The second-order valence-electron chi connectivity index (χ2n) is 8.12. The van der Waals surface area contributed by atoms with Crippen molar-refractivity contribution in [3.8, 4) is 0 Å². The van der Waals surface area contributed by atoms with Crippen molar-refractivity contribution in [2.45, 2.75) is 24.3 Å². The fraction of sp³-hybridized carbons (Fsp3) is 0.273. The summed E-state index contributed by atoms with van der Waals surface area (Å²) in [4.78, 5) is 26.6. The Kier molecular flexibility index (Phi) is 4.40. The van der Waals surface area contributed by atoms with E-state index >= 15 is 0 Å². The smallest absolute Gasteiger partial charge is 0.334 e. The van der Waals surface area contributed by atoms with E-state index in [-0.39, 0.29) is 22.5 Å². The molecule has 0 spiro atoms. The number of anilines is 1. The molecule has 9 heteroatoms. The van der Waals surface area contributed by atoms with E-state index in [1.54, 1.807) is 4.90 Å². The Hall–Kier alpha value is -3.20. The van der Waals surface area contributed by atoms with E-state index in [4.69, 9.17) is 0 Å². The van der Waals surface area contributed by atoms with Crippen LogP contribution in [0.2, 0.25) is 0 Å². The van der Waals surface area contributed by atoms with Crippen LogP contribution in [0.5, 0.6) is 0 Å². The Balaban J connectivity index is 1.36. The van der Waals surface area contributed by atoms with Crippen LogP contribution in [0, 0.1) is 18.7 Å². The minimum atomic E-state index is -4.33. The van der Waals surface area contributed by atoms with E-state index in [1.807, 2.05) is 25.1 Å². The van der Waals surface area contributed by atoms with E-state index < -0.39 is 34.3 Å². The highest BCUT2D eigenvalue weighted by Gasteiger charge is 2.44. The quantitative estimate of drug-likeness (QED) is 0.794. The third-order valence-corrected chi connectivity index (χ3v) is 7.85. The first-order valence-electron chi connectivity index (χ1n) is 9.95. The fourth-order valence-corrected chi connectivity index (χ4v) is 6.07. The van der Waals surface area contributed by atoms with E-state index in [2.05, 4.69) is 17.5 Å². The molecule has 2 aliphatic heterocycles. The molecule has 31 heavy (non-hydrogen) atoms. The molecule has 1 N–H and O–H groups in total. The van der Waals surface area contributed by atoms with Crippen molar-refractivity contribution in [1.29, 1.82) is 0 Å². The molecule has 7 nitrogen and oxygen atoms in total. The zero-order valence-corrected chi connectivity index (χ0v) is 17.5. The third-order valence-electron chi connectivity index (χ3n) is 6.09. The number of urea groups is 1. The molecule has 0 saturated carbocycles. The number of carbonyl (C=O) groups excluding carboxylic acids is 2. The Bertz CT molecular complexity index is 1260. The zero-order chi connectivity index (χ0) is 21.9. The molecule has 1 fully saturated rings. The van der Waals surface area contributed by atoms with Gasteiger partial charge in [0, 0.05) is 12.5 Å². The normalized spacial score (nSPS) is 23.4. The van der Waals surface area contributed by atoms with Crippen LogP contribution in [-0.2, 0) is 14.8 Å². The lowest BCUT2D eigenvalue weighted by atomic mass is 9.94. The number of nitrogens with one attached hydrogen (secondary N) is 1. The summed E-state index contributed by atoms with van der Waals surface area (Å²) in [5.41, 5.74) is 3.50. The van der Waals surface area contributed by atoms with Crippen LogP contribution >= 0.6 is 0 Å². The number of amides is 3. The number of hydrogen-bond acceptors (Lipinski definition) is 4. The van der Waals surface area contributed by atoms with Gasteiger partial charge in [-0.15, -0.1) is 0 Å². The molecule has 2 bridgehead atoms. The summed E-state index contributed by atoms with van der Waals surface area (Å²) in [6.07, 6.45) is 2.83. The van der Waals surface area contributed by atoms with Crippen LogP contribution < -0.4 is 5.32 Å². The molecule has 0 aromatic heterocycles. The summed E-state index contributed by atoms with van der Waals surface area (Å²) in [7, 11) is -4.33. The predicted octanol–water partition coefficient (Wildman–Crippen LogP) is 2.98. The molecule has 5 rings (SSSR count). The van der Waals surface area contributed by atoms with E-state index in [1.165, 1.54) is 11.6 Å². The standard InChI is InChI=1S/C22H20FN3O4S/c1-13-3-2-4-14(7-13)18-10-17-8-15(18)11-25(17)21(27)12-26-22(28)24-19-6-5-16(23)9-20(19)31(26,29)30/h2-7,9-10,15,17H,8,11-12H2,1H3,(H,24,28)/t15-,17-/m0/s1. The van der Waals surface area contributed by atoms with Crippen molar-refractivity contribution in [3.63, 3.8) is 0 Å². The summed E-state index contributed by atoms with van der Waals surface area (Å²) in [5, 5.41) is 2.42. The Morgan fingerprint density at radius 2 is 2.03 bits per heavy atom. The van der Waals surface area contributed by atoms with Crippen molar-refractivity contribution >= 4 is 33.2 Å². The number of benzene rings is 2. The number of halogens is 1. The molecule has 2 heterocycles. The summed E-state index contributed by atoms with van der Waals surface area (Å²) >= 11 is 0. The van der Waals surface area contributed by atoms with Gasteiger partial charge in [0.2, 0.25) is 5.91 Å². The average Bonchev–Trinajstić information content (AvgIpc) is 3.33. The van der Waals surface area contributed by atoms with Gasteiger partial charge in [0.1, 0.15) is 17.3 Å². The van der Waals surface area contributed by atoms with Crippen LogP contribution in [0.25, 0.3) is 5.57 Å². The van der Waals surface area contributed by atoms with E-state index in [0.29, 0.717) is 10.8 Å². The largest absolute Gasteiger partial charge is 0.336 e. The van der Waals surface area contributed by atoms with Gasteiger partial charge in [0.05, 0.1) is 11.7 Å². The van der Waals surface area contributed by atoms with Crippen molar-refractivity contribution in [2.75, 3.05) is 18.4 Å². The third kappa shape index (κ3) is 3.20. The fourth-order valence-electron chi connectivity index (χ4n) is 4.62. The topological polar surface area (TPSA) is 86.8 Å². The van der Waals surface area contributed by atoms with Crippen molar-refractivity contribution in [3.05, 3.63) is 65.5 Å². The molecule has 2 aromatic rings. The molecule has 0 radical (unpaired) electrons. The molecule has 2 aromatic carbocycles. The first-order chi connectivity index (χ1) is 14.7. The SMILES string of the molecule is Cc1cccc(C2=C[C@@H]3C[C@H]2CN3C(=O)CN2C(=O)Nc3ccc(F)cc3S2(=O)=O)c1. The molecule has 0 unspecified atom stereocenters. The molecule has 2 atom stereocenters. The van der Waals surface area contributed by atoms with Crippen molar-refractivity contribution in [2.24, 2.45) is 5.92 Å². The van der Waals surface area contributed by atoms with Gasteiger partial charge < -0.3 is 10.2 Å². The van der Waals surface area contributed by atoms with Crippen molar-refractivity contribution < 1.29 is 22.4 Å². The minimum Gasteiger partial charge on any atom is -0.334 e. The van der Waals surface area contributed by atoms with Gasteiger partial charge in [-0.2, -0.15) is 0 Å². The Labute approximate surface area is 179 Å². The molecule has 160 valence electrons. The van der Waals surface area contributed by atoms with E-state index in [9.17, 15) is 22.4 Å². The minimum absolute atomic E-state index is 0.000980. The molecular formula is C22H20FN3O4S. The number of carbonyl (C=O) groups is 2. The number of likely N-dealkylation sites (tertiary alicyclic amines) is 1. The Morgan fingerprint density at radius 3 is 2.74 bits per heavy atom. The monoisotopic (exact) mass is 441 g/mol. The number of aryl methyl sites for hydroxylation is 1. The van der Waals surface area contributed by atoms with Crippen LogP contribution in [0.15, 0.2) is 53.4 Å². The maximum Gasteiger partial charge on any atom is 0.336 e. The molecule has 1 aliphatic carbocycles. The second-order valence-corrected chi connectivity index (χ2v) is 9.95. The molecular weight excluding hydrogens is 421 g/mol. The number of hydrogen-bond donors (Lipinski definition) is 1. The summed E-state index contributed by atoms with van der Waals surface area (Å²) in [5.74, 6) is -1.02. The van der Waals surface area contributed by atoms with Gasteiger partial charge in [0.15, 0.2) is 0 Å². The lowest BCUT2D eigenvalue weighted by Crippen LogP contribution is -2.50. The lowest BCUT2D eigenvalue weighted by Gasteiger charge is -2.32. The van der Waals surface area contributed by atoms with Gasteiger partial charge >= 0.3 is 6.03 Å². The average molecular weight is 441 g/mol. The maximum absolute atomic E-state index is 13.6. The van der Waals surface area contributed by atoms with Crippen LogP contribution in [-0.4, -0.2) is 48.7 Å². The highest BCUT2D eigenvalue weighted by Crippen LogP contribution is 2.42. The highest BCUT2D eigenvalue weighted by atomic mass is 32.2. The number of fused-ring (bicyclic) bond motifs is 3. The summed E-state index contributed by atoms with van der Waals surface area (Å²) < 4.78 is 39.8. The number of sulfonamides is 1. The molecule has 3 amide bonds. The predicted molar refractivity (Wildman–Crippen MR) is 112 cm³/mol. The van der Waals surface area contributed by atoms with Crippen LogP contribution in [0.4, 0.5) is 14.9 Å². The maximum atomic E-state index is 13.6. The first kappa shape index (κ1) is 19.7. The van der Waals surface area contributed by atoms with Gasteiger partial charge in [-0.3, -0.25) is 4.79 Å². The Morgan fingerprint density at radius 1 is 1.23 bits per heavy atom. The molecule has 1 saturated heterocycles. The van der Waals surface area contributed by atoms with Gasteiger partial charge in [-0.1, -0.05) is 35.9 Å². The highest BCUT2D eigenvalue weighted by molar-refractivity contribution is 7.90. The van der Waals surface area contributed by atoms with Gasteiger partial charge in [-0.05, 0) is 42.7 Å². The second kappa shape index (κ2) is 6.91. The van der Waals surface area contributed by atoms with Crippen LogP contribution in [0.1, 0.15) is 17.5 Å². The van der Waals surface area contributed by atoms with Crippen LogP contribution in [0.3, 0.4) is 0 Å². The van der Waals surface area contributed by atoms with E-state index in [0.717, 1.165) is 29.7 Å².